The van der Waals surface area contributed by atoms with Crippen LogP contribution < -0.4 is 5.32 Å². The van der Waals surface area contributed by atoms with Crippen molar-refractivity contribution in [3.05, 3.63) is 0 Å². The summed E-state index contributed by atoms with van der Waals surface area (Å²) in [5, 5.41) is 12.8. The first-order chi connectivity index (χ1) is 6.56. The van der Waals surface area contributed by atoms with Crippen LogP contribution in [0.25, 0.3) is 0 Å². The van der Waals surface area contributed by atoms with Gasteiger partial charge in [0.2, 0.25) is 0 Å². The Labute approximate surface area is 87.2 Å². The molecule has 1 unspecified atom stereocenters. The maximum atomic E-state index is 9.44. The van der Waals surface area contributed by atoms with Gasteiger partial charge in [0, 0.05) is 32.8 Å². The quantitative estimate of drug-likeness (QED) is 0.581. The molecule has 86 valence electrons. The largest absolute Gasteiger partial charge is 0.389 e. The number of nitrogens with one attached hydrogen (secondary N) is 1. The summed E-state index contributed by atoms with van der Waals surface area (Å²) >= 11 is 0. The lowest BCUT2D eigenvalue weighted by Gasteiger charge is -2.20. The summed E-state index contributed by atoms with van der Waals surface area (Å²) in [4.78, 5) is 2.10. The van der Waals surface area contributed by atoms with Crippen LogP contribution in [0.4, 0.5) is 0 Å². The van der Waals surface area contributed by atoms with Gasteiger partial charge in [0.1, 0.15) is 0 Å². The van der Waals surface area contributed by atoms with Crippen LogP contribution in [-0.2, 0) is 4.74 Å². The second kappa shape index (κ2) is 8.17. The van der Waals surface area contributed by atoms with E-state index in [0.717, 1.165) is 13.1 Å². The van der Waals surface area contributed by atoms with Gasteiger partial charge >= 0.3 is 0 Å². The predicted molar refractivity (Wildman–Crippen MR) is 58.5 cm³/mol. The van der Waals surface area contributed by atoms with Crippen LogP contribution in [0.1, 0.15) is 13.8 Å². The van der Waals surface area contributed by atoms with Gasteiger partial charge in [-0.2, -0.15) is 0 Å². The first kappa shape index (κ1) is 13.8. The zero-order valence-corrected chi connectivity index (χ0v) is 9.79. The smallest absolute Gasteiger partial charge is 0.0899 e. The normalized spacial score (nSPS) is 13.9. The van der Waals surface area contributed by atoms with Crippen molar-refractivity contribution in [2.24, 2.45) is 0 Å². The number of aliphatic hydroxyl groups excluding tert-OH is 1. The summed E-state index contributed by atoms with van der Waals surface area (Å²) in [6.45, 7) is 7.21. The van der Waals surface area contributed by atoms with E-state index in [1.807, 2.05) is 7.05 Å². The first-order valence-corrected chi connectivity index (χ1v) is 5.15. The Morgan fingerprint density at radius 1 is 1.43 bits per heavy atom. The molecule has 0 saturated carbocycles. The van der Waals surface area contributed by atoms with Crippen LogP contribution in [0, 0.1) is 0 Å². The maximum Gasteiger partial charge on any atom is 0.0899 e. The average Bonchev–Trinajstić information content (AvgIpc) is 2.03. The molecule has 0 aliphatic heterocycles. The molecule has 0 aromatic heterocycles. The van der Waals surface area contributed by atoms with Crippen LogP contribution in [0.5, 0.6) is 0 Å². The Balaban J connectivity index is 3.39. The summed E-state index contributed by atoms with van der Waals surface area (Å²) in [7, 11) is 3.60. The highest BCUT2D eigenvalue weighted by Crippen LogP contribution is 1.89. The summed E-state index contributed by atoms with van der Waals surface area (Å²) in [5.41, 5.74) is 0. The lowest BCUT2D eigenvalue weighted by Crippen LogP contribution is -2.37. The van der Waals surface area contributed by atoms with Crippen LogP contribution in [0.15, 0.2) is 0 Å². The minimum Gasteiger partial charge on any atom is -0.389 e. The topological polar surface area (TPSA) is 44.7 Å². The molecule has 0 aromatic carbocycles. The van der Waals surface area contributed by atoms with E-state index in [1.165, 1.54) is 0 Å². The number of hydrogen-bond donors (Lipinski definition) is 2. The monoisotopic (exact) mass is 204 g/mol. The van der Waals surface area contributed by atoms with Crippen LogP contribution in [0.2, 0.25) is 0 Å². The van der Waals surface area contributed by atoms with Gasteiger partial charge in [-0.3, -0.25) is 0 Å². The molecule has 2 N–H and O–H groups in total. The molecular formula is C10H24N2O2. The minimum atomic E-state index is -0.385. The molecule has 0 amide bonds. The van der Waals surface area contributed by atoms with Crippen LogP contribution in [0.3, 0.4) is 0 Å². The van der Waals surface area contributed by atoms with E-state index in [1.54, 1.807) is 7.11 Å². The van der Waals surface area contributed by atoms with E-state index in [-0.39, 0.29) is 6.10 Å². The number of methoxy groups -OCH3 is 1. The van der Waals surface area contributed by atoms with Crippen molar-refractivity contribution in [1.29, 1.82) is 0 Å². The summed E-state index contributed by atoms with van der Waals surface area (Å²) < 4.78 is 4.85. The average molecular weight is 204 g/mol. The number of ether oxygens (including phenoxy) is 1. The number of rotatable bonds is 8. The lowest BCUT2D eigenvalue weighted by molar-refractivity contribution is 0.0434. The Hall–Kier alpha value is -0.160. The fraction of sp³-hybridized carbons (Fsp3) is 1.00. The third-order valence-corrected chi connectivity index (χ3v) is 1.93. The number of likely N-dealkylation sites (N-methyl/N-ethyl adjacent to an activating group) is 1. The molecule has 4 nitrogen and oxygen atoms in total. The molecular weight excluding hydrogens is 180 g/mol. The third kappa shape index (κ3) is 8.44. The van der Waals surface area contributed by atoms with Crippen LogP contribution in [-0.4, -0.2) is 62.6 Å². The zero-order valence-electron chi connectivity index (χ0n) is 9.79. The Morgan fingerprint density at radius 2 is 2.07 bits per heavy atom. The Morgan fingerprint density at radius 3 is 2.57 bits per heavy atom. The van der Waals surface area contributed by atoms with Gasteiger partial charge < -0.3 is 20.1 Å². The molecule has 0 aliphatic rings. The Bertz CT molecular complexity index is 131. The summed E-state index contributed by atoms with van der Waals surface area (Å²) in [5.74, 6) is 0. The van der Waals surface area contributed by atoms with Gasteiger partial charge in [-0.15, -0.1) is 0 Å². The van der Waals surface area contributed by atoms with E-state index < -0.39 is 0 Å². The SMILES string of the molecule is COCC(O)CN(C)CCNC(C)C. The molecule has 4 heteroatoms. The van der Waals surface area contributed by atoms with Crippen molar-refractivity contribution in [1.82, 2.24) is 10.2 Å². The maximum absolute atomic E-state index is 9.44. The van der Waals surface area contributed by atoms with Gasteiger partial charge in [-0.05, 0) is 7.05 Å². The third-order valence-electron chi connectivity index (χ3n) is 1.93. The highest BCUT2D eigenvalue weighted by Gasteiger charge is 2.07. The van der Waals surface area contributed by atoms with Gasteiger partial charge in [0.25, 0.3) is 0 Å². The van der Waals surface area contributed by atoms with Gasteiger partial charge in [0.05, 0.1) is 12.7 Å². The van der Waals surface area contributed by atoms with Gasteiger partial charge in [0.15, 0.2) is 0 Å². The summed E-state index contributed by atoms with van der Waals surface area (Å²) in [6.07, 6.45) is -0.385. The predicted octanol–water partition coefficient (Wildman–Crippen LogP) is -0.0765. The molecule has 0 bridgehead atoms. The number of hydrogen-bond acceptors (Lipinski definition) is 4. The molecule has 0 spiro atoms. The summed E-state index contributed by atoms with van der Waals surface area (Å²) in [6, 6.07) is 0.521. The van der Waals surface area contributed by atoms with Crippen molar-refractivity contribution in [2.45, 2.75) is 26.0 Å². The van der Waals surface area contributed by atoms with Crippen molar-refractivity contribution in [3.63, 3.8) is 0 Å². The molecule has 14 heavy (non-hydrogen) atoms. The fourth-order valence-electron chi connectivity index (χ4n) is 1.24. The van der Waals surface area contributed by atoms with E-state index in [4.69, 9.17) is 4.74 Å². The van der Waals surface area contributed by atoms with E-state index in [2.05, 4.69) is 24.1 Å². The molecule has 1 atom stereocenters. The molecule has 0 radical (unpaired) electrons. The van der Waals surface area contributed by atoms with Crippen molar-refractivity contribution >= 4 is 0 Å². The van der Waals surface area contributed by atoms with Gasteiger partial charge in [-0.25, -0.2) is 0 Å². The first-order valence-electron chi connectivity index (χ1n) is 5.15. The second-order valence-electron chi connectivity index (χ2n) is 3.98. The highest BCUT2D eigenvalue weighted by atomic mass is 16.5. The zero-order chi connectivity index (χ0) is 11.0. The number of aliphatic hydroxyl groups is 1. The fourth-order valence-corrected chi connectivity index (χ4v) is 1.24. The van der Waals surface area contributed by atoms with Gasteiger partial charge in [-0.1, -0.05) is 13.8 Å². The second-order valence-corrected chi connectivity index (χ2v) is 3.98. The van der Waals surface area contributed by atoms with Crippen molar-refractivity contribution < 1.29 is 9.84 Å². The Kier molecular flexibility index (Phi) is 8.08. The molecule has 0 fully saturated rings. The molecule has 0 heterocycles. The van der Waals surface area contributed by atoms with Crippen molar-refractivity contribution in [3.8, 4) is 0 Å². The standard InChI is InChI=1S/C10H24N2O2/c1-9(2)11-5-6-12(3)7-10(13)8-14-4/h9-11,13H,5-8H2,1-4H3. The lowest BCUT2D eigenvalue weighted by atomic mass is 10.3. The van der Waals surface area contributed by atoms with E-state index in [9.17, 15) is 5.11 Å². The van der Waals surface area contributed by atoms with Crippen LogP contribution >= 0.6 is 0 Å². The number of nitrogens with zero attached hydrogens (tertiary/aromatic N) is 1. The van der Waals surface area contributed by atoms with Crippen molar-refractivity contribution in [2.75, 3.05) is 40.4 Å². The van der Waals surface area contributed by atoms with E-state index in [0.29, 0.717) is 19.2 Å². The molecule has 0 aliphatic carbocycles. The molecule has 0 rings (SSSR count). The van der Waals surface area contributed by atoms with E-state index >= 15 is 0 Å². The molecule has 0 aromatic rings. The highest BCUT2D eigenvalue weighted by molar-refractivity contribution is 4.62. The molecule has 0 saturated heterocycles. The minimum absolute atomic E-state index is 0.385.